The van der Waals surface area contributed by atoms with E-state index in [4.69, 9.17) is 4.74 Å². The number of carbonyl (C=O) groups excluding carboxylic acids is 1. The van der Waals surface area contributed by atoms with Gasteiger partial charge in [0.15, 0.2) is 0 Å². The number of rotatable bonds is 3. The van der Waals surface area contributed by atoms with Crippen LogP contribution in [0, 0.1) is 0 Å². The minimum atomic E-state index is -0.649. The van der Waals surface area contributed by atoms with Crippen molar-refractivity contribution in [1.29, 1.82) is 0 Å². The molecule has 0 amide bonds. The zero-order valence-corrected chi connectivity index (χ0v) is 9.09. The first-order chi connectivity index (χ1) is 6.65. The summed E-state index contributed by atoms with van der Waals surface area (Å²) in [4.78, 5) is 11.3. The van der Waals surface area contributed by atoms with E-state index in [0.717, 1.165) is 0 Å². The minimum Gasteiger partial charge on any atom is -0.462 e. The highest BCUT2D eigenvalue weighted by atomic mass is 31.0. The third-order valence-corrected chi connectivity index (χ3v) is 2.12. The van der Waals surface area contributed by atoms with Crippen LogP contribution in [-0.4, -0.2) is 24.2 Å². The van der Waals surface area contributed by atoms with Gasteiger partial charge in [-0.15, -0.1) is 9.12 Å². The molecule has 0 aliphatic heterocycles. The van der Waals surface area contributed by atoms with E-state index in [1.807, 2.05) is 0 Å². The van der Waals surface area contributed by atoms with E-state index in [2.05, 4.69) is 9.12 Å². The molecule has 3 nitrogen and oxygen atoms in total. The molecule has 5 heteroatoms. The molecule has 0 bridgehead atoms. The molecule has 0 fully saturated rings. The Kier molecular flexibility index (Phi) is 4.11. The molecule has 0 saturated carbocycles. The van der Waals surface area contributed by atoms with Crippen molar-refractivity contribution in [3.8, 4) is 0 Å². The number of hydrogen-bond donors (Lipinski definition) is 1. The first-order valence-corrected chi connectivity index (χ1v) is 5.02. The van der Waals surface area contributed by atoms with Gasteiger partial charge in [-0.1, -0.05) is 18.2 Å². The smallest absolute Gasteiger partial charge is 0.346 e. The fourth-order valence-electron chi connectivity index (χ4n) is 1.06. The summed E-state index contributed by atoms with van der Waals surface area (Å²) < 4.78 is 4.84. The predicted octanol–water partition coefficient (Wildman–Crippen LogP) is 0.426. The lowest BCUT2D eigenvalue weighted by molar-refractivity contribution is 0.0526. The summed E-state index contributed by atoms with van der Waals surface area (Å²) in [5, 5.41) is 9.27. The van der Waals surface area contributed by atoms with Gasteiger partial charge in [0.25, 0.3) is 0 Å². The van der Waals surface area contributed by atoms with Crippen LogP contribution in [-0.2, 0) is 4.74 Å². The Morgan fingerprint density at radius 1 is 1.64 bits per heavy atom. The average Bonchev–Trinajstić information content (AvgIpc) is 2.18. The summed E-state index contributed by atoms with van der Waals surface area (Å²) in [6.45, 7) is 1.46. The Hall–Kier alpha value is -0.855. The van der Waals surface area contributed by atoms with Gasteiger partial charge in [-0.05, 0) is 18.5 Å². The van der Waals surface area contributed by atoms with Crippen LogP contribution in [0.4, 0.5) is 0 Å². The van der Waals surface area contributed by atoms with E-state index in [9.17, 15) is 9.82 Å². The molecule has 1 aromatic carbocycles. The Morgan fingerprint density at radius 2 is 2.36 bits per heavy atom. The number of carbonyl (C=O) groups is 1. The van der Waals surface area contributed by atoms with E-state index in [-0.39, 0.29) is 5.97 Å². The van der Waals surface area contributed by atoms with Crippen LogP contribution >= 0.6 is 9.12 Å². The number of benzene rings is 1. The van der Waals surface area contributed by atoms with Gasteiger partial charge < -0.3 is 9.76 Å². The van der Waals surface area contributed by atoms with E-state index in [0.29, 0.717) is 17.6 Å². The van der Waals surface area contributed by atoms with Crippen molar-refractivity contribution in [3.63, 3.8) is 0 Å². The largest absolute Gasteiger partial charge is 0.462 e. The normalized spacial score (nSPS) is 9.64. The fraction of sp³-hybridized carbons (Fsp3) is 0.222. The number of hydrogen-bond acceptors (Lipinski definition) is 3. The summed E-state index contributed by atoms with van der Waals surface area (Å²) in [5.41, 5.74) is 1.14. The van der Waals surface area contributed by atoms with Crippen molar-refractivity contribution in [2.75, 3.05) is 6.61 Å². The van der Waals surface area contributed by atoms with Crippen molar-refractivity contribution in [2.45, 2.75) is 6.92 Å². The maximum Gasteiger partial charge on any atom is 0.346 e. The highest BCUT2D eigenvalue weighted by Crippen LogP contribution is 2.01. The maximum atomic E-state index is 11.3. The Morgan fingerprint density at radius 3 is 2.93 bits per heavy atom. The quantitative estimate of drug-likeness (QED) is 0.447. The molecule has 0 saturated heterocycles. The SMILES string of the molecule is CCOC(=O)c1cccc(B(O)P)c1. The Balaban J connectivity index is 2.88. The van der Waals surface area contributed by atoms with E-state index < -0.39 is 6.64 Å². The van der Waals surface area contributed by atoms with Gasteiger partial charge in [0.2, 0.25) is 0 Å². The molecule has 1 unspecified atom stereocenters. The van der Waals surface area contributed by atoms with Crippen LogP contribution in [0.2, 0.25) is 0 Å². The minimum absolute atomic E-state index is 0.354. The second-order valence-corrected chi connectivity index (χ2v) is 3.42. The highest BCUT2D eigenvalue weighted by molar-refractivity contribution is 7.63. The van der Waals surface area contributed by atoms with Gasteiger partial charge >= 0.3 is 12.6 Å². The monoisotopic (exact) mass is 210 g/mol. The van der Waals surface area contributed by atoms with Crippen LogP contribution in [0.1, 0.15) is 17.3 Å². The summed E-state index contributed by atoms with van der Waals surface area (Å²) in [6, 6.07) is 6.75. The molecule has 0 spiro atoms. The Bertz CT molecular complexity index is 328. The van der Waals surface area contributed by atoms with Crippen molar-refractivity contribution < 1.29 is 14.6 Å². The lowest BCUT2D eigenvalue weighted by Gasteiger charge is -2.04. The molecule has 0 aromatic heterocycles. The van der Waals surface area contributed by atoms with E-state index >= 15 is 0 Å². The zero-order valence-electron chi connectivity index (χ0n) is 7.93. The second-order valence-electron chi connectivity index (χ2n) is 2.79. The predicted molar refractivity (Wildman–Crippen MR) is 59.7 cm³/mol. The van der Waals surface area contributed by atoms with E-state index in [1.165, 1.54) is 0 Å². The number of esters is 1. The van der Waals surface area contributed by atoms with Gasteiger partial charge in [-0.2, -0.15) is 0 Å². The van der Waals surface area contributed by atoms with Crippen molar-refractivity contribution in [2.24, 2.45) is 0 Å². The van der Waals surface area contributed by atoms with Gasteiger partial charge in [0.1, 0.15) is 0 Å². The van der Waals surface area contributed by atoms with Gasteiger partial charge in [-0.25, -0.2) is 4.79 Å². The van der Waals surface area contributed by atoms with Crippen LogP contribution < -0.4 is 5.46 Å². The molecule has 0 aliphatic rings. The molecular weight excluding hydrogens is 198 g/mol. The second kappa shape index (κ2) is 5.13. The first kappa shape index (κ1) is 11.2. The highest BCUT2D eigenvalue weighted by Gasteiger charge is 2.11. The molecule has 1 rings (SSSR count). The molecular formula is C9H12BO3P. The lowest BCUT2D eigenvalue weighted by Crippen LogP contribution is -2.24. The van der Waals surface area contributed by atoms with Gasteiger partial charge in [-0.3, -0.25) is 0 Å². The zero-order chi connectivity index (χ0) is 10.6. The Labute approximate surface area is 85.7 Å². The van der Waals surface area contributed by atoms with Crippen LogP contribution in [0.15, 0.2) is 24.3 Å². The summed E-state index contributed by atoms with van der Waals surface area (Å²) in [7, 11) is 2.26. The van der Waals surface area contributed by atoms with Crippen molar-refractivity contribution in [3.05, 3.63) is 29.8 Å². The molecule has 1 aromatic rings. The molecule has 14 heavy (non-hydrogen) atoms. The molecule has 1 N–H and O–H groups in total. The summed E-state index contributed by atoms with van der Waals surface area (Å²) in [6.07, 6.45) is 0. The van der Waals surface area contributed by atoms with Gasteiger partial charge in [0.05, 0.1) is 12.2 Å². The first-order valence-electron chi connectivity index (χ1n) is 4.36. The van der Waals surface area contributed by atoms with Crippen molar-refractivity contribution in [1.82, 2.24) is 0 Å². The van der Waals surface area contributed by atoms with Crippen LogP contribution in [0.5, 0.6) is 0 Å². The fourth-order valence-corrected chi connectivity index (χ4v) is 1.27. The standard InChI is InChI=1S/C9H12BO3P/c1-2-13-9(11)7-4-3-5-8(6-7)10(12)14/h3-6,12H,2,14H2,1H3. The molecule has 0 radical (unpaired) electrons. The van der Waals surface area contributed by atoms with Crippen LogP contribution in [0.3, 0.4) is 0 Å². The maximum absolute atomic E-state index is 11.3. The molecule has 0 aliphatic carbocycles. The summed E-state index contributed by atoms with van der Waals surface area (Å²) >= 11 is 0. The topological polar surface area (TPSA) is 46.5 Å². The molecule has 74 valence electrons. The van der Waals surface area contributed by atoms with E-state index in [1.54, 1.807) is 31.2 Å². The summed E-state index contributed by atoms with van der Waals surface area (Å²) in [5.74, 6) is -0.361. The third kappa shape index (κ3) is 2.83. The number of ether oxygens (including phenoxy) is 1. The molecule has 0 heterocycles. The lowest BCUT2D eigenvalue weighted by atomic mass is 9.85. The van der Waals surface area contributed by atoms with Crippen LogP contribution in [0.25, 0.3) is 0 Å². The van der Waals surface area contributed by atoms with Crippen molar-refractivity contribution >= 4 is 27.2 Å². The van der Waals surface area contributed by atoms with Gasteiger partial charge in [0, 0.05) is 0 Å². The molecule has 1 atom stereocenters. The average molecular weight is 210 g/mol. The third-order valence-electron chi connectivity index (χ3n) is 1.74.